The summed E-state index contributed by atoms with van der Waals surface area (Å²) in [6.45, 7) is 2.61. The van der Waals surface area contributed by atoms with Crippen LogP contribution in [0.4, 0.5) is 0 Å². The number of nitrogens with zero attached hydrogens (tertiary/aromatic N) is 2. The summed E-state index contributed by atoms with van der Waals surface area (Å²) in [4.78, 5) is 11.6. The molecule has 0 bridgehead atoms. The highest BCUT2D eigenvalue weighted by Gasteiger charge is 2.01. The molecule has 0 fully saturated rings. The zero-order valence-corrected chi connectivity index (χ0v) is 10.6. The van der Waals surface area contributed by atoms with Crippen LogP contribution in [0.2, 0.25) is 0 Å². The smallest absolute Gasteiger partial charge is 0.266 e. The third kappa shape index (κ3) is 2.97. The lowest BCUT2D eigenvalue weighted by Crippen LogP contribution is -2.23. The summed E-state index contributed by atoms with van der Waals surface area (Å²) in [5.74, 6) is 0.457. The standard InChI is InChI=1S/C14H16N2O2/c1-11-3-5-12(6-4-11)9-10-16-14(17)8-7-13(15-16)18-2/h3-8H,9-10H2,1-2H3. The van der Waals surface area contributed by atoms with Crippen LogP contribution in [-0.4, -0.2) is 16.9 Å². The fourth-order valence-electron chi connectivity index (χ4n) is 1.69. The van der Waals surface area contributed by atoms with E-state index in [1.165, 1.54) is 29.0 Å². The fraction of sp³-hybridized carbons (Fsp3) is 0.286. The molecule has 0 atom stereocenters. The maximum Gasteiger partial charge on any atom is 0.266 e. The Balaban J connectivity index is 2.10. The van der Waals surface area contributed by atoms with Crippen molar-refractivity contribution in [2.75, 3.05) is 7.11 Å². The first kappa shape index (κ1) is 12.4. The van der Waals surface area contributed by atoms with E-state index in [-0.39, 0.29) is 5.56 Å². The zero-order valence-electron chi connectivity index (χ0n) is 10.6. The van der Waals surface area contributed by atoms with Gasteiger partial charge < -0.3 is 4.74 Å². The molecule has 1 aromatic carbocycles. The van der Waals surface area contributed by atoms with Crippen LogP contribution < -0.4 is 10.3 Å². The Morgan fingerprint density at radius 1 is 1.17 bits per heavy atom. The van der Waals surface area contributed by atoms with Gasteiger partial charge in [0.1, 0.15) is 0 Å². The van der Waals surface area contributed by atoms with Crippen molar-refractivity contribution in [2.45, 2.75) is 19.9 Å². The van der Waals surface area contributed by atoms with Crippen molar-refractivity contribution in [3.63, 3.8) is 0 Å². The molecule has 0 aliphatic carbocycles. The van der Waals surface area contributed by atoms with Gasteiger partial charge in [-0.1, -0.05) is 29.8 Å². The van der Waals surface area contributed by atoms with Crippen molar-refractivity contribution >= 4 is 0 Å². The fourth-order valence-corrected chi connectivity index (χ4v) is 1.69. The van der Waals surface area contributed by atoms with Gasteiger partial charge in [-0.05, 0) is 18.9 Å². The summed E-state index contributed by atoms with van der Waals surface area (Å²) in [5, 5.41) is 4.11. The maximum atomic E-state index is 11.6. The van der Waals surface area contributed by atoms with E-state index in [1.54, 1.807) is 6.07 Å². The number of hydrogen-bond acceptors (Lipinski definition) is 3. The number of hydrogen-bond donors (Lipinski definition) is 0. The van der Waals surface area contributed by atoms with E-state index < -0.39 is 0 Å². The summed E-state index contributed by atoms with van der Waals surface area (Å²) in [6.07, 6.45) is 0.778. The minimum atomic E-state index is -0.108. The lowest BCUT2D eigenvalue weighted by atomic mass is 10.1. The summed E-state index contributed by atoms with van der Waals surface area (Å²) >= 11 is 0. The Hall–Kier alpha value is -2.10. The highest BCUT2D eigenvalue weighted by molar-refractivity contribution is 5.21. The average molecular weight is 244 g/mol. The molecule has 0 N–H and O–H groups in total. The molecule has 4 heteroatoms. The first-order chi connectivity index (χ1) is 8.69. The molecular weight excluding hydrogens is 228 g/mol. The van der Waals surface area contributed by atoms with Gasteiger partial charge in [0.05, 0.1) is 7.11 Å². The van der Waals surface area contributed by atoms with E-state index in [2.05, 4.69) is 36.3 Å². The van der Waals surface area contributed by atoms with E-state index in [4.69, 9.17) is 4.74 Å². The topological polar surface area (TPSA) is 44.1 Å². The number of benzene rings is 1. The molecule has 0 amide bonds. The van der Waals surface area contributed by atoms with Crippen molar-refractivity contribution in [1.82, 2.24) is 9.78 Å². The summed E-state index contributed by atoms with van der Waals surface area (Å²) < 4.78 is 6.44. The lowest BCUT2D eigenvalue weighted by Gasteiger charge is -2.06. The highest BCUT2D eigenvalue weighted by atomic mass is 16.5. The van der Waals surface area contributed by atoms with Crippen LogP contribution in [0.25, 0.3) is 0 Å². The zero-order chi connectivity index (χ0) is 13.0. The highest BCUT2D eigenvalue weighted by Crippen LogP contribution is 2.05. The molecule has 0 saturated heterocycles. The molecule has 0 radical (unpaired) electrons. The Morgan fingerprint density at radius 3 is 2.56 bits per heavy atom. The van der Waals surface area contributed by atoms with E-state index in [1.807, 2.05) is 0 Å². The van der Waals surface area contributed by atoms with E-state index in [9.17, 15) is 4.79 Å². The Kier molecular flexibility index (Phi) is 3.77. The molecule has 0 aliphatic heterocycles. The summed E-state index contributed by atoms with van der Waals surface area (Å²) in [6, 6.07) is 11.3. The van der Waals surface area contributed by atoms with Crippen LogP contribution >= 0.6 is 0 Å². The average Bonchev–Trinajstić information content (AvgIpc) is 2.40. The van der Waals surface area contributed by atoms with Gasteiger partial charge >= 0.3 is 0 Å². The van der Waals surface area contributed by atoms with Gasteiger partial charge in [0.2, 0.25) is 5.88 Å². The molecule has 2 aromatic rings. The molecule has 1 heterocycles. The minimum Gasteiger partial charge on any atom is -0.480 e. The van der Waals surface area contributed by atoms with Gasteiger partial charge in [-0.15, -0.1) is 5.10 Å². The third-order valence-electron chi connectivity index (χ3n) is 2.78. The van der Waals surface area contributed by atoms with Crippen LogP contribution in [-0.2, 0) is 13.0 Å². The maximum absolute atomic E-state index is 11.6. The summed E-state index contributed by atoms with van der Waals surface area (Å²) in [7, 11) is 1.54. The summed E-state index contributed by atoms with van der Waals surface area (Å²) in [5.41, 5.74) is 2.32. The second kappa shape index (κ2) is 5.49. The van der Waals surface area contributed by atoms with Crippen LogP contribution in [0.1, 0.15) is 11.1 Å². The number of rotatable bonds is 4. The number of ether oxygens (including phenoxy) is 1. The molecular formula is C14H16N2O2. The second-order valence-corrected chi connectivity index (χ2v) is 4.17. The first-order valence-electron chi connectivity index (χ1n) is 5.87. The van der Waals surface area contributed by atoms with Crippen LogP contribution in [0.5, 0.6) is 5.88 Å². The monoisotopic (exact) mass is 244 g/mol. The SMILES string of the molecule is COc1ccc(=O)n(CCc2ccc(C)cc2)n1. The predicted octanol–water partition coefficient (Wildman–Crippen LogP) is 1.80. The largest absolute Gasteiger partial charge is 0.480 e. The first-order valence-corrected chi connectivity index (χ1v) is 5.87. The minimum absolute atomic E-state index is 0.108. The number of aryl methyl sites for hydroxylation is 3. The van der Waals surface area contributed by atoms with Crippen LogP contribution in [0, 0.1) is 6.92 Å². The molecule has 2 rings (SSSR count). The quantitative estimate of drug-likeness (QED) is 0.823. The molecule has 0 saturated carbocycles. The van der Waals surface area contributed by atoms with Gasteiger partial charge in [-0.25, -0.2) is 4.68 Å². The van der Waals surface area contributed by atoms with Gasteiger partial charge in [0.15, 0.2) is 0 Å². The van der Waals surface area contributed by atoms with Crippen molar-refractivity contribution in [3.05, 3.63) is 57.9 Å². The molecule has 0 aliphatic rings. The number of methoxy groups -OCH3 is 1. The van der Waals surface area contributed by atoms with Crippen LogP contribution in [0.15, 0.2) is 41.2 Å². The molecule has 4 nitrogen and oxygen atoms in total. The molecule has 0 spiro atoms. The Bertz CT molecular complexity index is 573. The van der Waals surface area contributed by atoms with Crippen molar-refractivity contribution in [3.8, 4) is 5.88 Å². The molecule has 0 unspecified atom stereocenters. The second-order valence-electron chi connectivity index (χ2n) is 4.17. The van der Waals surface area contributed by atoms with Crippen LogP contribution in [0.3, 0.4) is 0 Å². The van der Waals surface area contributed by atoms with Crippen molar-refractivity contribution in [1.29, 1.82) is 0 Å². The van der Waals surface area contributed by atoms with E-state index in [0.29, 0.717) is 12.4 Å². The Labute approximate surface area is 106 Å². The predicted molar refractivity (Wildman–Crippen MR) is 69.9 cm³/mol. The molecule has 1 aromatic heterocycles. The van der Waals surface area contributed by atoms with E-state index in [0.717, 1.165) is 6.42 Å². The van der Waals surface area contributed by atoms with Gasteiger partial charge in [0, 0.05) is 18.7 Å². The third-order valence-corrected chi connectivity index (χ3v) is 2.78. The molecule has 18 heavy (non-hydrogen) atoms. The van der Waals surface area contributed by atoms with Crippen molar-refractivity contribution in [2.24, 2.45) is 0 Å². The van der Waals surface area contributed by atoms with E-state index >= 15 is 0 Å². The normalized spacial score (nSPS) is 10.3. The lowest BCUT2D eigenvalue weighted by molar-refractivity contribution is 0.375. The Morgan fingerprint density at radius 2 is 1.89 bits per heavy atom. The van der Waals surface area contributed by atoms with Crippen molar-refractivity contribution < 1.29 is 4.74 Å². The van der Waals surface area contributed by atoms with Gasteiger partial charge in [-0.2, -0.15) is 0 Å². The number of aromatic nitrogens is 2. The van der Waals surface area contributed by atoms with Gasteiger partial charge in [0.25, 0.3) is 5.56 Å². The molecule has 94 valence electrons. The van der Waals surface area contributed by atoms with Gasteiger partial charge in [-0.3, -0.25) is 4.79 Å².